The topological polar surface area (TPSA) is 59.6 Å². The van der Waals surface area contributed by atoms with E-state index in [1.54, 1.807) is 7.11 Å². The number of carbonyl (C=O) groups excluding carboxylic acids is 1. The zero-order valence-electron chi connectivity index (χ0n) is 11.8. The molecule has 0 atom stereocenters. The normalized spacial score (nSPS) is 10.3. The highest BCUT2D eigenvalue weighted by Gasteiger charge is 2.00. The maximum absolute atomic E-state index is 11.3. The number of carbonyl (C=O) groups is 1. The predicted octanol–water partition coefficient (Wildman–Crippen LogP) is 1.92. The van der Waals surface area contributed by atoms with Crippen molar-refractivity contribution in [2.24, 2.45) is 0 Å². The molecular weight excluding hydrogens is 232 g/mol. The lowest BCUT2D eigenvalue weighted by Crippen LogP contribution is -2.25. The van der Waals surface area contributed by atoms with Crippen LogP contribution >= 0.6 is 0 Å². The van der Waals surface area contributed by atoms with Gasteiger partial charge in [-0.25, -0.2) is 4.79 Å². The van der Waals surface area contributed by atoms with E-state index in [4.69, 9.17) is 9.47 Å². The van der Waals surface area contributed by atoms with E-state index in [2.05, 4.69) is 10.6 Å². The van der Waals surface area contributed by atoms with E-state index in [9.17, 15) is 4.79 Å². The highest BCUT2D eigenvalue weighted by molar-refractivity contribution is 5.66. The van der Waals surface area contributed by atoms with Crippen molar-refractivity contribution < 1.29 is 14.3 Å². The second-order valence-electron chi connectivity index (χ2n) is 4.28. The third-order valence-electron chi connectivity index (χ3n) is 2.60. The highest BCUT2D eigenvalue weighted by atomic mass is 16.5. The lowest BCUT2D eigenvalue weighted by atomic mass is 10.2. The van der Waals surface area contributed by atoms with Gasteiger partial charge in [0.1, 0.15) is 0 Å². The number of hydrogen-bond donors (Lipinski definition) is 2. The Morgan fingerprint density at radius 2 is 1.61 bits per heavy atom. The molecule has 5 heteroatoms. The summed E-state index contributed by atoms with van der Waals surface area (Å²) in [5.74, 6) is 0. The van der Waals surface area contributed by atoms with E-state index < -0.39 is 0 Å². The minimum atomic E-state index is -0.296. The van der Waals surface area contributed by atoms with Crippen molar-refractivity contribution in [2.45, 2.75) is 38.5 Å². The molecule has 0 rings (SSSR count). The van der Waals surface area contributed by atoms with Gasteiger partial charge in [0.25, 0.3) is 0 Å². The van der Waals surface area contributed by atoms with E-state index >= 15 is 0 Å². The molecule has 0 aromatic carbocycles. The molecule has 0 unspecified atom stereocenters. The van der Waals surface area contributed by atoms with Crippen LogP contribution in [-0.4, -0.2) is 46.6 Å². The number of alkyl carbamates (subject to hydrolysis) is 1. The zero-order chi connectivity index (χ0) is 13.5. The second kappa shape index (κ2) is 14.3. The molecule has 0 saturated heterocycles. The van der Waals surface area contributed by atoms with Crippen molar-refractivity contribution in [1.29, 1.82) is 0 Å². The lowest BCUT2D eigenvalue weighted by Gasteiger charge is -2.06. The summed E-state index contributed by atoms with van der Waals surface area (Å²) in [5.41, 5.74) is 0. The first-order valence-electron chi connectivity index (χ1n) is 6.85. The molecule has 0 aliphatic heterocycles. The third-order valence-corrected chi connectivity index (χ3v) is 2.60. The fraction of sp³-hybridized carbons (Fsp3) is 0.923. The average Bonchev–Trinajstić information content (AvgIpc) is 2.38. The third kappa shape index (κ3) is 13.3. The first kappa shape index (κ1) is 17.2. The molecule has 0 aromatic heterocycles. The highest BCUT2D eigenvalue weighted by Crippen LogP contribution is 1.96. The standard InChI is InChI=1S/C13H28N2O3/c1-14-9-5-3-6-10-15-13(16)18-12-8-4-7-11-17-2/h14H,3-12H2,1-2H3,(H,15,16). The van der Waals surface area contributed by atoms with Crippen LogP contribution in [0.2, 0.25) is 0 Å². The van der Waals surface area contributed by atoms with Crippen molar-refractivity contribution in [3.8, 4) is 0 Å². The van der Waals surface area contributed by atoms with Gasteiger partial charge in [0.05, 0.1) is 6.61 Å². The smallest absolute Gasteiger partial charge is 0.407 e. The summed E-state index contributed by atoms with van der Waals surface area (Å²) >= 11 is 0. The van der Waals surface area contributed by atoms with Crippen LogP contribution < -0.4 is 10.6 Å². The summed E-state index contributed by atoms with van der Waals surface area (Å²) in [6.07, 6.45) is 5.93. The maximum atomic E-state index is 11.3. The van der Waals surface area contributed by atoms with E-state index in [1.165, 1.54) is 0 Å². The van der Waals surface area contributed by atoms with Gasteiger partial charge in [-0.05, 0) is 45.7 Å². The zero-order valence-corrected chi connectivity index (χ0v) is 11.8. The van der Waals surface area contributed by atoms with Gasteiger partial charge in [0, 0.05) is 20.3 Å². The van der Waals surface area contributed by atoms with Gasteiger partial charge in [-0.1, -0.05) is 6.42 Å². The lowest BCUT2D eigenvalue weighted by molar-refractivity contribution is 0.141. The first-order valence-corrected chi connectivity index (χ1v) is 6.85. The molecule has 5 nitrogen and oxygen atoms in total. The van der Waals surface area contributed by atoms with Gasteiger partial charge in [0.2, 0.25) is 0 Å². The Balaban J connectivity index is 3.12. The van der Waals surface area contributed by atoms with Crippen LogP contribution in [0.4, 0.5) is 4.79 Å². The second-order valence-corrected chi connectivity index (χ2v) is 4.28. The van der Waals surface area contributed by atoms with Crippen LogP contribution in [0.25, 0.3) is 0 Å². The van der Waals surface area contributed by atoms with Crippen molar-refractivity contribution in [3.63, 3.8) is 0 Å². The van der Waals surface area contributed by atoms with Crippen molar-refractivity contribution >= 4 is 6.09 Å². The van der Waals surface area contributed by atoms with Gasteiger partial charge >= 0.3 is 6.09 Å². The van der Waals surface area contributed by atoms with Crippen molar-refractivity contribution in [1.82, 2.24) is 10.6 Å². The van der Waals surface area contributed by atoms with Crippen LogP contribution in [0.3, 0.4) is 0 Å². The van der Waals surface area contributed by atoms with Crippen LogP contribution in [-0.2, 0) is 9.47 Å². The number of amides is 1. The number of methoxy groups -OCH3 is 1. The molecule has 0 radical (unpaired) electrons. The summed E-state index contributed by atoms with van der Waals surface area (Å²) in [7, 11) is 3.64. The molecule has 0 saturated carbocycles. The Morgan fingerprint density at radius 1 is 0.944 bits per heavy atom. The number of rotatable bonds is 12. The fourth-order valence-corrected chi connectivity index (χ4v) is 1.54. The van der Waals surface area contributed by atoms with E-state index in [0.29, 0.717) is 13.2 Å². The van der Waals surface area contributed by atoms with E-state index in [-0.39, 0.29) is 6.09 Å². The molecule has 0 aliphatic carbocycles. The average molecular weight is 260 g/mol. The van der Waals surface area contributed by atoms with Gasteiger partial charge in [0.15, 0.2) is 0 Å². The molecule has 0 heterocycles. The minimum absolute atomic E-state index is 0.296. The first-order chi connectivity index (χ1) is 8.81. The number of nitrogens with one attached hydrogen (secondary N) is 2. The SMILES string of the molecule is CNCCCCCNC(=O)OCCCCCOC. The quantitative estimate of drug-likeness (QED) is 0.526. The number of ether oxygens (including phenoxy) is 2. The molecule has 1 amide bonds. The molecule has 0 aromatic rings. The Kier molecular flexibility index (Phi) is 13.6. The van der Waals surface area contributed by atoms with Crippen LogP contribution in [0.1, 0.15) is 38.5 Å². The molecular formula is C13H28N2O3. The van der Waals surface area contributed by atoms with Crippen LogP contribution in [0, 0.1) is 0 Å². The molecule has 18 heavy (non-hydrogen) atoms. The summed E-state index contributed by atoms with van der Waals surface area (Å²) in [6.45, 7) is 3.01. The Hall–Kier alpha value is -0.810. The molecule has 0 spiro atoms. The monoisotopic (exact) mass is 260 g/mol. The molecule has 0 fully saturated rings. The van der Waals surface area contributed by atoms with Crippen LogP contribution in [0.15, 0.2) is 0 Å². The Bertz CT molecular complexity index is 171. The van der Waals surface area contributed by atoms with Crippen molar-refractivity contribution in [2.75, 3.05) is 40.5 Å². The van der Waals surface area contributed by atoms with Gasteiger partial charge in [-0.15, -0.1) is 0 Å². The molecule has 2 N–H and O–H groups in total. The summed E-state index contributed by atoms with van der Waals surface area (Å²) < 4.78 is 9.99. The summed E-state index contributed by atoms with van der Waals surface area (Å²) in [6, 6.07) is 0. The molecule has 0 bridgehead atoms. The van der Waals surface area contributed by atoms with E-state index in [1.807, 2.05) is 7.05 Å². The number of unbranched alkanes of at least 4 members (excludes halogenated alkanes) is 4. The minimum Gasteiger partial charge on any atom is -0.450 e. The summed E-state index contributed by atoms with van der Waals surface area (Å²) in [5, 5.41) is 5.85. The Labute approximate surface area is 111 Å². The van der Waals surface area contributed by atoms with Gasteiger partial charge < -0.3 is 20.1 Å². The van der Waals surface area contributed by atoms with Crippen LogP contribution in [0.5, 0.6) is 0 Å². The predicted molar refractivity (Wildman–Crippen MR) is 72.9 cm³/mol. The number of hydrogen-bond acceptors (Lipinski definition) is 4. The summed E-state index contributed by atoms with van der Waals surface area (Å²) in [4.78, 5) is 11.3. The van der Waals surface area contributed by atoms with Gasteiger partial charge in [-0.2, -0.15) is 0 Å². The van der Waals surface area contributed by atoms with Crippen molar-refractivity contribution in [3.05, 3.63) is 0 Å². The maximum Gasteiger partial charge on any atom is 0.407 e. The molecule has 108 valence electrons. The molecule has 0 aliphatic rings. The van der Waals surface area contributed by atoms with Gasteiger partial charge in [-0.3, -0.25) is 0 Å². The fourth-order valence-electron chi connectivity index (χ4n) is 1.54. The van der Waals surface area contributed by atoms with E-state index in [0.717, 1.165) is 51.7 Å². The Morgan fingerprint density at radius 3 is 2.33 bits per heavy atom. The largest absolute Gasteiger partial charge is 0.450 e.